The summed E-state index contributed by atoms with van der Waals surface area (Å²) < 4.78 is 22.6. The van der Waals surface area contributed by atoms with Gasteiger partial charge in [-0.05, 0) is 80.3 Å². The van der Waals surface area contributed by atoms with Gasteiger partial charge >= 0.3 is 0 Å². The summed E-state index contributed by atoms with van der Waals surface area (Å²) in [4.78, 5) is 15.7. The van der Waals surface area contributed by atoms with Crippen molar-refractivity contribution in [1.82, 2.24) is 15.1 Å². The van der Waals surface area contributed by atoms with Crippen molar-refractivity contribution in [2.24, 2.45) is 0 Å². The number of amides is 1. The zero-order valence-corrected chi connectivity index (χ0v) is 25.0. The van der Waals surface area contributed by atoms with E-state index in [0.29, 0.717) is 76.7 Å². The normalized spacial score (nSPS) is 14.2. The summed E-state index contributed by atoms with van der Waals surface area (Å²) in [5.74, 6) is 2.30. The molecule has 2 N–H and O–H groups in total. The molecule has 42 heavy (non-hydrogen) atoms. The van der Waals surface area contributed by atoms with E-state index in [-0.39, 0.29) is 11.7 Å². The van der Waals surface area contributed by atoms with Crippen LogP contribution in [0.4, 0.5) is 0 Å². The number of hydrogen-bond acceptors (Lipinski definition) is 7. The van der Waals surface area contributed by atoms with Gasteiger partial charge < -0.3 is 29.0 Å². The highest BCUT2D eigenvalue weighted by atomic mass is 35.5. The first-order valence-corrected chi connectivity index (χ1v) is 14.2. The Bertz CT molecular complexity index is 1620. The first-order chi connectivity index (χ1) is 20.3. The van der Waals surface area contributed by atoms with Gasteiger partial charge in [-0.3, -0.25) is 9.89 Å². The average molecular weight is 592 g/mol. The van der Waals surface area contributed by atoms with Crippen LogP contribution in [-0.4, -0.2) is 60.1 Å². The molecule has 0 saturated carbocycles. The summed E-state index contributed by atoms with van der Waals surface area (Å²) in [6.07, 6.45) is 0.562. The molecule has 1 unspecified atom stereocenters. The highest BCUT2D eigenvalue weighted by molar-refractivity contribution is 6.31. The molecule has 220 valence electrons. The number of carbonyl (C=O) groups is 1. The number of phenols is 1. The summed E-state index contributed by atoms with van der Waals surface area (Å²) in [6.45, 7) is 6.98. The molecule has 0 fully saturated rings. The van der Waals surface area contributed by atoms with Crippen LogP contribution in [0.5, 0.6) is 28.7 Å². The van der Waals surface area contributed by atoms with E-state index in [1.807, 2.05) is 57.2 Å². The second-order valence-electron chi connectivity index (χ2n) is 9.89. The van der Waals surface area contributed by atoms with Gasteiger partial charge in [0.2, 0.25) is 0 Å². The van der Waals surface area contributed by atoms with Gasteiger partial charge in [0.1, 0.15) is 17.1 Å². The standard InChI is InChI=1S/C32H34ClN3O6/c1-6-41-25-11-9-20(16-27(25)42-7-2)31-28-29(21-17-22(33)18(3)14-23(21)37)34-35-30(28)32(38)36(31)13-12-19-8-10-24(39-4)26(15-19)40-5/h8-11,14-17,31,37H,6-7,12-13H2,1-5H3,(H,34,35). The summed E-state index contributed by atoms with van der Waals surface area (Å²) in [5.41, 5.74) is 4.47. The number of rotatable bonds is 11. The third-order valence-electron chi connectivity index (χ3n) is 7.37. The molecule has 1 atom stereocenters. The number of aryl methyl sites for hydroxylation is 1. The predicted octanol–water partition coefficient (Wildman–Crippen LogP) is 6.35. The minimum atomic E-state index is -0.518. The predicted molar refractivity (Wildman–Crippen MR) is 160 cm³/mol. The minimum absolute atomic E-state index is 0.0304. The van der Waals surface area contributed by atoms with E-state index < -0.39 is 6.04 Å². The van der Waals surface area contributed by atoms with Gasteiger partial charge in [0.15, 0.2) is 23.0 Å². The van der Waals surface area contributed by atoms with Crippen LogP contribution < -0.4 is 18.9 Å². The minimum Gasteiger partial charge on any atom is -0.507 e. The monoisotopic (exact) mass is 591 g/mol. The number of halogens is 1. The third kappa shape index (κ3) is 5.32. The third-order valence-corrected chi connectivity index (χ3v) is 7.78. The summed E-state index contributed by atoms with van der Waals surface area (Å²) in [5, 5.41) is 18.8. The van der Waals surface area contributed by atoms with E-state index in [0.717, 1.165) is 16.7 Å². The fourth-order valence-electron chi connectivity index (χ4n) is 5.36. The van der Waals surface area contributed by atoms with E-state index in [4.69, 9.17) is 30.5 Å². The Kier molecular flexibility index (Phi) is 8.49. The number of benzene rings is 3. The van der Waals surface area contributed by atoms with Crippen molar-refractivity contribution in [2.45, 2.75) is 33.2 Å². The Labute approximate surface area is 249 Å². The molecule has 3 aromatic carbocycles. The van der Waals surface area contributed by atoms with Gasteiger partial charge in [0.25, 0.3) is 5.91 Å². The fraction of sp³-hybridized carbons (Fsp3) is 0.312. The second kappa shape index (κ2) is 12.2. The molecule has 1 aliphatic heterocycles. The van der Waals surface area contributed by atoms with Crippen LogP contribution in [0, 0.1) is 6.92 Å². The molecule has 0 saturated heterocycles. The SMILES string of the molecule is CCOc1ccc(C2c3c(-c4cc(Cl)c(C)cc4O)n[nH]c3C(=O)N2CCc2ccc(OC)c(OC)c2)cc1OCC. The van der Waals surface area contributed by atoms with Crippen molar-refractivity contribution in [3.63, 3.8) is 0 Å². The largest absolute Gasteiger partial charge is 0.507 e. The van der Waals surface area contributed by atoms with Gasteiger partial charge in [0, 0.05) is 22.7 Å². The smallest absolute Gasteiger partial charge is 0.273 e. The molecule has 1 aromatic heterocycles. The van der Waals surface area contributed by atoms with Gasteiger partial charge in [0.05, 0.1) is 33.5 Å². The number of nitrogens with zero attached hydrogens (tertiary/aromatic N) is 2. The van der Waals surface area contributed by atoms with Crippen molar-refractivity contribution in [3.8, 4) is 40.0 Å². The zero-order valence-electron chi connectivity index (χ0n) is 24.3. The van der Waals surface area contributed by atoms with Crippen molar-refractivity contribution in [1.29, 1.82) is 0 Å². The zero-order chi connectivity index (χ0) is 30.0. The lowest BCUT2D eigenvalue weighted by Gasteiger charge is -2.27. The maximum Gasteiger partial charge on any atom is 0.273 e. The molecule has 0 aliphatic carbocycles. The molecule has 2 heterocycles. The Morgan fingerprint density at radius 1 is 0.952 bits per heavy atom. The van der Waals surface area contributed by atoms with Crippen LogP contribution in [0.15, 0.2) is 48.5 Å². The lowest BCUT2D eigenvalue weighted by molar-refractivity contribution is 0.0745. The summed E-state index contributed by atoms with van der Waals surface area (Å²) in [6, 6.07) is 14.2. The molecule has 4 aromatic rings. The molecule has 10 heteroatoms. The van der Waals surface area contributed by atoms with E-state index >= 15 is 0 Å². The maximum atomic E-state index is 13.9. The number of aromatic nitrogens is 2. The highest BCUT2D eigenvalue weighted by Crippen LogP contribution is 2.46. The Morgan fingerprint density at radius 3 is 2.38 bits per heavy atom. The van der Waals surface area contributed by atoms with Crippen molar-refractivity contribution in [3.05, 3.63) is 81.5 Å². The topological polar surface area (TPSA) is 106 Å². The number of phenolic OH excluding ortho intramolecular Hbond substituents is 1. The van der Waals surface area contributed by atoms with Crippen molar-refractivity contribution in [2.75, 3.05) is 34.0 Å². The Hall–Kier alpha value is -4.37. The highest BCUT2D eigenvalue weighted by Gasteiger charge is 2.42. The van der Waals surface area contributed by atoms with E-state index in [1.54, 1.807) is 31.3 Å². The van der Waals surface area contributed by atoms with Gasteiger partial charge in [-0.1, -0.05) is 23.7 Å². The van der Waals surface area contributed by atoms with Crippen LogP contribution >= 0.6 is 11.6 Å². The number of H-pyrrole nitrogens is 1. The van der Waals surface area contributed by atoms with Crippen molar-refractivity contribution < 1.29 is 28.8 Å². The number of aromatic amines is 1. The van der Waals surface area contributed by atoms with Gasteiger partial charge in [-0.2, -0.15) is 5.10 Å². The summed E-state index contributed by atoms with van der Waals surface area (Å²) in [7, 11) is 3.19. The maximum absolute atomic E-state index is 13.9. The number of nitrogens with one attached hydrogen (secondary N) is 1. The van der Waals surface area contributed by atoms with Crippen LogP contribution in [0.1, 0.15) is 52.6 Å². The van der Waals surface area contributed by atoms with Crippen LogP contribution in [0.25, 0.3) is 11.3 Å². The Morgan fingerprint density at radius 2 is 1.67 bits per heavy atom. The second-order valence-corrected chi connectivity index (χ2v) is 10.3. The molecular weight excluding hydrogens is 558 g/mol. The number of hydrogen-bond donors (Lipinski definition) is 2. The number of carbonyl (C=O) groups excluding carboxylic acids is 1. The molecule has 0 spiro atoms. The van der Waals surface area contributed by atoms with Gasteiger partial charge in [-0.25, -0.2) is 0 Å². The van der Waals surface area contributed by atoms with Crippen molar-refractivity contribution >= 4 is 17.5 Å². The quantitative estimate of drug-likeness (QED) is 0.209. The lowest BCUT2D eigenvalue weighted by atomic mass is 9.94. The summed E-state index contributed by atoms with van der Waals surface area (Å²) >= 11 is 6.45. The van der Waals surface area contributed by atoms with Crippen LogP contribution in [0.3, 0.4) is 0 Å². The average Bonchev–Trinajstić information content (AvgIpc) is 3.53. The van der Waals surface area contributed by atoms with Crippen LogP contribution in [0.2, 0.25) is 5.02 Å². The number of aromatic hydroxyl groups is 1. The number of ether oxygens (including phenoxy) is 4. The molecule has 9 nitrogen and oxygen atoms in total. The molecule has 0 bridgehead atoms. The number of methoxy groups -OCH3 is 2. The molecule has 5 rings (SSSR count). The lowest BCUT2D eigenvalue weighted by Crippen LogP contribution is -2.31. The van der Waals surface area contributed by atoms with E-state index in [1.165, 1.54) is 0 Å². The first-order valence-electron chi connectivity index (χ1n) is 13.8. The van der Waals surface area contributed by atoms with Crippen LogP contribution in [-0.2, 0) is 6.42 Å². The first kappa shape index (κ1) is 29.1. The molecular formula is C32H34ClN3O6. The Balaban J connectivity index is 1.60. The molecule has 0 radical (unpaired) electrons. The van der Waals surface area contributed by atoms with E-state index in [9.17, 15) is 9.90 Å². The molecule has 1 amide bonds. The number of fused-ring (bicyclic) bond motifs is 1. The molecule has 1 aliphatic rings. The van der Waals surface area contributed by atoms with E-state index in [2.05, 4.69) is 10.2 Å². The van der Waals surface area contributed by atoms with Gasteiger partial charge in [-0.15, -0.1) is 0 Å². The fourth-order valence-corrected chi connectivity index (χ4v) is 5.52.